The molecule has 0 atom stereocenters. The van der Waals surface area contributed by atoms with Crippen molar-refractivity contribution in [1.82, 2.24) is 9.38 Å². The Kier molecular flexibility index (Phi) is 1.79. The van der Waals surface area contributed by atoms with Crippen LogP contribution in [0.25, 0.3) is 5.65 Å². The van der Waals surface area contributed by atoms with Crippen molar-refractivity contribution in [2.24, 2.45) is 0 Å². The molecular weight excluding hydrogens is 270 g/mol. The maximum Gasteiger partial charge on any atom is 0.173 e. The number of hydrogen-bond acceptors (Lipinski definition) is 1. The fourth-order valence-electron chi connectivity index (χ4n) is 1.15. The highest BCUT2D eigenvalue weighted by molar-refractivity contribution is 14.1. The Bertz CT molecular complexity index is 436. The number of pyridine rings is 1. The zero-order chi connectivity index (χ0) is 8.72. The van der Waals surface area contributed by atoms with Crippen molar-refractivity contribution in [2.45, 2.75) is 6.92 Å². The van der Waals surface area contributed by atoms with E-state index in [0.29, 0.717) is 5.65 Å². The van der Waals surface area contributed by atoms with Gasteiger partial charge in [0.25, 0.3) is 0 Å². The molecule has 2 nitrogen and oxygen atoms in total. The molecule has 0 N–H and O–H groups in total. The Morgan fingerprint density at radius 3 is 3.00 bits per heavy atom. The van der Waals surface area contributed by atoms with Gasteiger partial charge in [-0.15, -0.1) is 0 Å². The van der Waals surface area contributed by atoms with Crippen molar-refractivity contribution < 1.29 is 4.39 Å². The Hall–Kier alpha value is -0.650. The smallest absolute Gasteiger partial charge is 0.173 e. The highest BCUT2D eigenvalue weighted by Gasteiger charge is 2.04. The molecule has 0 aliphatic rings. The van der Waals surface area contributed by atoms with Crippen LogP contribution < -0.4 is 0 Å². The first-order chi connectivity index (χ1) is 5.66. The number of nitrogens with zero attached hydrogens (tertiary/aromatic N) is 2. The van der Waals surface area contributed by atoms with Crippen LogP contribution >= 0.6 is 22.6 Å². The monoisotopic (exact) mass is 276 g/mol. The summed E-state index contributed by atoms with van der Waals surface area (Å²) >= 11 is 2.07. The van der Waals surface area contributed by atoms with E-state index in [0.717, 1.165) is 9.26 Å². The molecule has 0 fully saturated rings. The Balaban J connectivity index is 2.88. The van der Waals surface area contributed by atoms with Crippen LogP contribution in [0.15, 0.2) is 18.5 Å². The minimum Gasteiger partial charge on any atom is -0.303 e. The van der Waals surface area contributed by atoms with Crippen molar-refractivity contribution >= 4 is 28.2 Å². The summed E-state index contributed by atoms with van der Waals surface area (Å²) in [5.41, 5.74) is 1.23. The topological polar surface area (TPSA) is 17.3 Å². The summed E-state index contributed by atoms with van der Waals surface area (Å²) in [6.07, 6.45) is 3.65. The van der Waals surface area contributed by atoms with Crippen LogP contribution in [0.1, 0.15) is 5.69 Å². The minimum absolute atomic E-state index is 0.269. The second-order valence-electron chi connectivity index (χ2n) is 2.62. The molecule has 12 heavy (non-hydrogen) atoms. The average Bonchev–Trinajstić information content (AvgIpc) is 2.29. The quantitative estimate of drug-likeness (QED) is 0.675. The van der Waals surface area contributed by atoms with E-state index in [4.69, 9.17) is 0 Å². The average molecular weight is 276 g/mol. The Morgan fingerprint density at radius 2 is 2.25 bits per heavy atom. The van der Waals surface area contributed by atoms with E-state index in [2.05, 4.69) is 27.6 Å². The molecule has 0 aliphatic heterocycles. The van der Waals surface area contributed by atoms with E-state index in [1.165, 1.54) is 6.07 Å². The van der Waals surface area contributed by atoms with Gasteiger partial charge >= 0.3 is 0 Å². The van der Waals surface area contributed by atoms with Gasteiger partial charge in [0.15, 0.2) is 11.5 Å². The molecular formula is C8H6FIN2. The lowest BCUT2D eigenvalue weighted by Gasteiger charge is -1.95. The normalized spacial score (nSPS) is 10.9. The molecule has 2 heterocycles. The number of aryl methyl sites for hydroxylation is 1. The number of aromatic nitrogens is 2. The van der Waals surface area contributed by atoms with Gasteiger partial charge in [0.1, 0.15) is 0 Å². The van der Waals surface area contributed by atoms with Crippen LogP contribution in [0, 0.1) is 16.3 Å². The van der Waals surface area contributed by atoms with Gasteiger partial charge in [-0.05, 0) is 35.6 Å². The minimum atomic E-state index is -0.269. The van der Waals surface area contributed by atoms with Crippen LogP contribution in [0.4, 0.5) is 4.39 Å². The highest BCUT2D eigenvalue weighted by Crippen LogP contribution is 2.13. The first kappa shape index (κ1) is 7.97. The van der Waals surface area contributed by atoms with Crippen molar-refractivity contribution in [3.63, 3.8) is 0 Å². The molecule has 0 aromatic carbocycles. The number of fused-ring (bicyclic) bond motifs is 1. The fraction of sp³-hybridized carbons (Fsp3) is 0.125. The molecule has 0 spiro atoms. The predicted molar refractivity (Wildman–Crippen MR) is 52.6 cm³/mol. The van der Waals surface area contributed by atoms with E-state index >= 15 is 0 Å². The summed E-state index contributed by atoms with van der Waals surface area (Å²) in [5, 5.41) is 0. The van der Waals surface area contributed by atoms with Crippen molar-refractivity contribution in [3.8, 4) is 0 Å². The van der Waals surface area contributed by atoms with E-state index < -0.39 is 0 Å². The summed E-state index contributed by atoms with van der Waals surface area (Å²) in [7, 11) is 0. The maximum absolute atomic E-state index is 13.2. The molecule has 0 saturated carbocycles. The van der Waals surface area contributed by atoms with Crippen molar-refractivity contribution in [3.05, 3.63) is 33.5 Å². The van der Waals surface area contributed by atoms with Gasteiger partial charge in [-0.3, -0.25) is 0 Å². The number of rotatable bonds is 0. The third-order valence-corrected chi connectivity index (χ3v) is 2.18. The number of imidazole rings is 1. The standard InChI is InChI=1S/C8H6FIN2/c1-5-3-12-4-6(10)2-7(9)8(12)11-5/h2-4H,1H3. The third-order valence-electron chi connectivity index (χ3n) is 1.59. The van der Waals surface area contributed by atoms with Gasteiger partial charge in [-0.25, -0.2) is 9.37 Å². The van der Waals surface area contributed by atoms with Crippen molar-refractivity contribution in [1.29, 1.82) is 0 Å². The van der Waals surface area contributed by atoms with Gasteiger partial charge in [0.05, 0.1) is 5.69 Å². The van der Waals surface area contributed by atoms with Crippen LogP contribution in [-0.2, 0) is 0 Å². The SMILES string of the molecule is Cc1cn2cc(I)cc(F)c2n1. The lowest BCUT2D eigenvalue weighted by molar-refractivity contribution is 0.628. The molecule has 0 radical (unpaired) electrons. The molecule has 2 rings (SSSR count). The maximum atomic E-state index is 13.2. The van der Waals surface area contributed by atoms with Gasteiger partial charge in [0.2, 0.25) is 0 Å². The summed E-state index contributed by atoms with van der Waals surface area (Å²) in [6.45, 7) is 1.85. The predicted octanol–water partition coefficient (Wildman–Crippen LogP) is 2.39. The Morgan fingerprint density at radius 1 is 1.50 bits per heavy atom. The second kappa shape index (κ2) is 2.69. The molecule has 2 aromatic rings. The molecule has 0 bridgehead atoms. The van der Waals surface area contributed by atoms with Crippen LogP contribution in [0.5, 0.6) is 0 Å². The second-order valence-corrected chi connectivity index (χ2v) is 3.87. The van der Waals surface area contributed by atoms with Gasteiger partial charge in [0, 0.05) is 16.0 Å². The fourth-order valence-corrected chi connectivity index (χ4v) is 1.72. The van der Waals surface area contributed by atoms with Crippen LogP contribution in [0.3, 0.4) is 0 Å². The number of halogens is 2. The molecule has 0 unspecified atom stereocenters. The molecule has 0 aliphatic carbocycles. The van der Waals surface area contributed by atoms with Gasteiger partial charge in [-0.2, -0.15) is 0 Å². The third kappa shape index (κ3) is 1.20. The number of hydrogen-bond donors (Lipinski definition) is 0. The summed E-state index contributed by atoms with van der Waals surface area (Å²) < 4.78 is 15.7. The molecule has 0 saturated heterocycles. The zero-order valence-electron chi connectivity index (χ0n) is 6.38. The Labute approximate surface area is 82.6 Å². The first-order valence-corrected chi connectivity index (χ1v) is 4.55. The summed E-state index contributed by atoms with van der Waals surface area (Å²) in [6, 6.07) is 1.47. The van der Waals surface area contributed by atoms with E-state index in [-0.39, 0.29) is 5.82 Å². The van der Waals surface area contributed by atoms with Gasteiger partial charge in [-0.1, -0.05) is 0 Å². The summed E-state index contributed by atoms with van der Waals surface area (Å²) in [5.74, 6) is -0.269. The van der Waals surface area contributed by atoms with Gasteiger partial charge < -0.3 is 4.40 Å². The molecule has 62 valence electrons. The van der Waals surface area contributed by atoms with E-state index in [9.17, 15) is 4.39 Å². The summed E-state index contributed by atoms with van der Waals surface area (Å²) in [4.78, 5) is 4.04. The zero-order valence-corrected chi connectivity index (χ0v) is 8.54. The van der Waals surface area contributed by atoms with E-state index in [1.54, 1.807) is 10.6 Å². The van der Waals surface area contributed by atoms with Crippen LogP contribution in [0.2, 0.25) is 0 Å². The first-order valence-electron chi connectivity index (χ1n) is 3.47. The lowest BCUT2D eigenvalue weighted by atomic mass is 10.4. The highest BCUT2D eigenvalue weighted by atomic mass is 127. The molecule has 2 aromatic heterocycles. The van der Waals surface area contributed by atoms with Crippen molar-refractivity contribution in [2.75, 3.05) is 0 Å². The molecule has 4 heteroatoms. The van der Waals surface area contributed by atoms with Crippen LogP contribution in [-0.4, -0.2) is 9.38 Å². The van der Waals surface area contributed by atoms with E-state index in [1.807, 2.05) is 13.1 Å². The lowest BCUT2D eigenvalue weighted by Crippen LogP contribution is -1.88. The largest absolute Gasteiger partial charge is 0.303 e. The molecule has 0 amide bonds.